The van der Waals surface area contributed by atoms with E-state index in [0.717, 1.165) is 47.7 Å². The number of hydrogen-bond donors (Lipinski definition) is 1. The van der Waals surface area contributed by atoms with E-state index in [-0.39, 0.29) is 0 Å². The first kappa shape index (κ1) is 15.3. The highest BCUT2D eigenvalue weighted by Gasteiger charge is 2.13. The highest BCUT2D eigenvalue weighted by atomic mass is 32.1. The van der Waals surface area contributed by atoms with Crippen molar-refractivity contribution in [2.45, 2.75) is 53.2 Å². The van der Waals surface area contributed by atoms with Gasteiger partial charge < -0.3 is 14.5 Å². The largest absolute Gasteiger partial charge is 0.328 e. The van der Waals surface area contributed by atoms with Crippen LogP contribution in [0, 0.1) is 11.7 Å². The predicted octanol–water partition coefficient (Wildman–Crippen LogP) is 2.95. The molecule has 0 aliphatic rings. The number of imidazole rings is 1. The Morgan fingerprint density at radius 3 is 2.70 bits per heavy atom. The smallest absolute Gasteiger partial charge is 0.179 e. The maximum atomic E-state index is 5.46. The molecular weight excluding hydrogens is 270 g/mol. The molecule has 5 nitrogen and oxygen atoms in total. The maximum Gasteiger partial charge on any atom is 0.179 e. The van der Waals surface area contributed by atoms with Crippen molar-refractivity contribution in [3.05, 3.63) is 10.5 Å². The SMILES string of the molecule is CCn1nc(C)c2[nH]c(=S)n(CCCN(C)C(C)C)c21. The zero-order chi connectivity index (χ0) is 14.9. The molecule has 2 aromatic heterocycles. The average Bonchev–Trinajstić information content (AvgIpc) is 2.88. The number of nitrogens with one attached hydrogen (secondary N) is 1. The Hall–Kier alpha value is -1.14. The molecule has 0 aliphatic carbocycles. The first-order valence-corrected chi connectivity index (χ1v) is 7.72. The van der Waals surface area contributed by atoms with Crippen LogP contribution in [0.1, 0.15) is 32.9 Å². The molecule has 20 heavy (non-hydrogen) atoms. The Labute approximate surface area is 125 Å². The van der Waals surface area contributed by atoms with E-state index in [1.807, 2.05) is 11.6 Å². The van der Waals surface area contributed by atoms with Gasteiger partial charge in [-0.2, -0.15) is 5.10 Å². The predicted molar refractivity (Wildman–Crippen MR) is 85.7 cm³/mol. The van der Waals surface area contributed by atoms with E-state index in [1.54, 1.807) is 0 Å². The summed E-state index contributed by atoms with van der Waals surface area (Å²) < 4.78 is 5.01. The molecule has 2 rings (SSSR count). The van der Waals surface area contributed by atoms with Crippen LogP contribution in [0.2, 0.25) is 0 Å². The molecule has 0 radical (unpaired) electrons. The van der Waals surface area contributed by atoms with Gasteiger partial charge >= 0.3 is 0 Å². The molecule has 0 amide bonds. The van der Waals surface area contributed by atoms with Gasteiger partial charge in [-0.15, -0.1) is 0 Å². The van der Waals surface area contributed by atoms with E-state index < -0.39 is 0 Å². The van der Waals surface area contributed by atoms with Crippen LogP contribution in [0.5, 0.6) is 0 Å². The number of fused-ring (bicyclic) bond motifs is 1. The summed E-state index contributed by atoms with van der Waals surface area (Å²) in [5, 5.41) is 4.55. The lowest BCUT2D eigenvalue weighted by Crippen LogP contribution is -2.28. The topological polar surface area (TPSA) is 41.8 Å². The van der Waals surface area contributed by atoms with Gasteiger partial charge in [-0.3, -0.25) is 0 Å². The van der Waals surface area contributed by atoms with Crippen LogP contribution in [0.3, 0.4) is 0 Å². The molecule has 0 aliphatic heterocycles. The molecule has 1 N–H and O–H groups in total. The third-order valence-electron chi connectivity index (χ3n) is 3.91. The Morgan fingerprint density at radius 2 is 2.10 bits per heavy atom. The fourth-order valence-electron chi connectivity index (χ4n) is 2.42. The summed E-state index contributed by atoms with van der Waals surface area (Å²) in [6.45, 7) is 11.4. The summed E-state index contributed by atoms with van der Waals surface area (Å²) in [4.78, 5) is 5.65. The van der Waals surface area contributed by atoms with Gasteiger partial charge in [0.25, 0.3) is 0 Å². The van der Waals surface area contributed by atoms with Gasteiger partial charge in [-0.05, 0) is 59.9 Å². The summed E-state index contributed by atoms with van der Waals surface area (Å²) in [5.74, 6) is 0. The van der Waals surface area contributed by atoms with Crippen molar-refractivity contribution in [1.82, 2.24) is 24.2 Å². The first-order chi connectivity index (χ1) is 9.45. The van der Waals surface area contributed by atoms with Crippen molar-refractivity contribution in [3.8, 4) is 0 Å². The zero-order valence-electron chi connectivity index (χ0n) is 13.1. The van der Waals surface area contributed by atoms with E-state index in [2.05, 4.69) is 47.4 Å². The van der Waals surface area contributed by atoms with Gasteiger partial charge in [0.15, 0.2) is 10.4 Å². The van der Waals surface area contributed by atoms with Crippen molar-refractivity contribution in [3.63, 3.8) is 0 Å². The second-order valence-corrected chi connectivity index (χ2v) is 6.00. The molecule has 2 heterocycles. The van der Waals surface area contributed by atoms with Gasteiger partial charge in [0.1, 0.15) is 5.52 Å². The Bertz CT molecular complexity index is 634. The molecule has 112 valence electrons. The van der Waals surface area contributed by atoms with Gasteiger partial charge in [0.05, 0.1) is 5.69 Å². The number of aromatic nitrogens is 4. The van der Waals surface area contributed by atoms with Crippen molar-refractivity contribution in [2.24, 2.45) is 0 Å². The summed E-state index contributed by atoms with van der Waals surface area (Å²) in [5.41, 5.74) is 3.22. The first-order valence-electron chi connectivity index (χ1n) is 7.31. The number of hydrogen-bond acceptors (Lipinski definition) is 3. The number of rotatable bonds is 6. The molecule has 0 unspecified atom stereocenters. The maximum absolute atomic E-state index is 5.46. The summed E-state index contributed by atoms with van der Waals surface area (Å²) in [7, 11) is 2.16. The van der Waals surface area contributed by atoms with Gasteiger partial charge in [0, 0.05) is 19.1 Å². The Kier molecular flexibility index (Phi) is 4.65. The number of aryl methyl sites for hydroxylation is 3. The average molecular weight is 295 g/mol. The molecule has 0 spiro atoms. The van der Waals surface area contributed by atoms with Gasteiger partial charge in [0.2, 0.25) is 0 Å². The van der Waals surface area contributed by atoms with Crippen LogP contribution in [0.15, 0.2) is 0 Å². The quantitative estimate of drug-likeness (QED) is 0.833. The third-order valence-corrected chi connectivity index (χ3v) is 4.23. The van der Waals surface area contributed by atoms with Gasteiger partial charge in [-0.1, -0.05) is 0 Å². The molecule has 0 saturated carbocycles. The van der Waals surface area contributed by atoms with E-state index in [1.165, 1.54) is 0 Å². The molecule has 0 saturated heterocycles. The number of aromatic amines is 1. The van der Waals surface area contributed by atoms with Crippen LogP contribution < -0.4 is 0 Å². The lowest BCUT2D eigenvalue weighted by molar-refractivity contribution is 0.265. The summed E-state index contributed by atoms with van der Waals surface area (Å²) >= 11 is 5.46. The lowest BCUT2D eigenvalue weighted by Gasteiger charge is -2.20. The molecule has 0 fully saturated rings. The minimum atomic E-state index is 0.581. The summed E-state index contributed by atoms with van der Waals surface area (Å²) in [6.07, 6.45) is 1.09. The molecule has 0 atom stereocenters. The van der Waals surface area contributed by atoms with E-state index in [9.17, 15) is 0 Å². The normalized spacial score (nSPS) is 12.2. The van der Waals surface area contributed by atoms with Crippen LogP contribution in [-0.4, -0.2) is 43.9 Å². The second kappa shape index (κ2) is 6.10. The van der Waals surface area contributed by atoms with Crippen LogP contribution in [-0.2, 0) is 13.1 Å². The highest BCUT2D eigenvalue weighted by Crippen LogP contribution is 2.18. The number of nitrogens with zero attached hydrogens (tertiary/aromatic N) is 4. The van der Waals surface area contributed by atoms with E-state index >= 15 is 0 Å². The fourth-order valence-corrected chi connectivity index (χ4v) is 2.70. The monoisotopic (exact) mass is 295 g/mol. The van der Waals surface area contributed by atoms with Crippen molar-refractivity contribution in [1.29, 1.82) is 0 Å². The van der Waals surface area contributed by atoms with Crippen molar-refractivity contribution >= 4 is 23.4 Å². The number of H-pyrrole nitrogens is 1. The molecule has 0 bridgehead atoms. The van der Waals surface area contributed by atoms with Crippen LogP contribution >= 0.6 is 12.2 Å². The fraction of sp³-hybridized carbons (Fsp3) is 0.714. The molecular formula is C14H25N5S. The molecule has 0 aromatic carbocycles. The molecule has 6 heteroatoms. The van der Waals surface area contributed by atoms with E-state index in [0.29, 0.717) is 6.04 Å². The van der Waals surface area contributed by atoms with Gasteiger partial charge in [-0.25, -0.2) is 4.68 Å². The lowest BCUT2D eigenvalue weighted by atomic mass is 10.3. The van der Waals surface area contributed by atoms with Crippen LogP contribution in [0.25, 0.3) is 11.2 Å². The second-order valence-electron chi connectivity index (χ2n) is 5.61. The minimum absolute atomic E-state index is 0.581. The standard InChI is InChI=1S/C14H25N5S/c1-6-19-13-12(11(4)16-19)15-14(20)18(13)9-7-8-17(5)10(2)3/h10H,6-9H2,1-5H3,(H,15,20). The van der Waals surface area contributed by atoms with Crippen molar-refractivity contribution < 1.29 is 0 Å². The minimum Gasteiger partial charge on any atom is -0.328 e. The Morgan fingerprint density at radius 1 is 1.40 bits per heavy atom. The summed E-state index contributed by atoms with van der Waals surface area (Å²) in [6, 6.07) is 0.581. The third kappa shape index (κ3) is 2.81. The molecule has 2 aromatic rings. The highest BCUT2D eigenvalue weighted by molar-refractivity contribution is 7.71. The van der Waals surface area contributed by atoms with Crippen LogP contribution in [0.4, 0.5) is 0 Å². The zero-order valence-corrected chi connectivity index (χ0v) is 13.9. The Balaban J connectivity index is 2.21. The van der Waals surface area contributed by atoms with E-state index in [4.69, 9.17) is 12.2 Å². The van der Waals surface area contributed by atoms with Crippen molar-refractivity contribution in [2.75, 3.05) is 13.6 Å².